The monoisotopic (exact) mass is 433 g/mol. The number of carbonyl (C=O) groups is 3. The topological polar surface area (TPSA) is 78.5 Å². The molecule has 4 rings (SSSR count). The molecular formula is C24H17F2N3O3. The average Bonchev–Trinajstić information content (AvgIpc) is 3.00. The molecule has 1 heterocycles. The van der Waals surface area contributed by atoms with Crippen LogP contribution in [0.4, 0.5) is 25.8 Å². The van der Waals surface area contributed by atoms with Crippen LogP contribution >= 0.6 is 0 Å². The highest BCUT2D eigenvalue weighted by atomic mass is 19.1. The van der Waals surface area contributed by atoms with Crippen molar-refractivity contribution in [3.8, 4) is 0 Å². The fraction of sp³-hybridized carbons (Fsp3) is 0.0417. The van der Waals surface area contributed by atoms with Crippen molar-refractivity contribution in [1.82, 2.24) is 0 Å². The SMILES string of the molecule is CC(=O)Nc1ccc(N2C(=O)C(Nc3ccc(F)cc3)=C(c3ccc(F)cc3)C2=O)cc1. The summed E-state index contributed by atoms with van der Waals surface area (Å²) in [4.78, 5) is 38.8. The van der Waals surface area contributed by atoms with E-state index in [1.54, 1.807) is 12.1 Å². The first-order valence-corrected chi connectivity index (χ1v) is 9.63. The summed E-state index contributed by atoms with van der Waals surface area (Å²) >= 11 is 0. The van der Waals surface area contributed by atoms with E-state index in [0.29, 0.717) is 22.6 Å². The molecule has 0 saturated carbocycles. The van der Waals surface area contributed by atoms with Crippen LogP contribution in [0.1, 0.15) is 12.5 Å². The zero-order valence-electron chi connectivity index (χ0n) is 16.9. The molecule has 1 aliphatic rings. The van der Waals surface area contributed by atoms with E-state index in [1.807, 2.05) is 0 Å². The smallest absolute Gasteiger partial charge is 0.282 e. The van der Waals surface area contributed by atoms with E-state index < -0.39 is 23.4 Å². The molecule has 0 bridgehead atoms. The zero-order chi connectivity index (χ0) is 22.8. The van der Waals surface area contributed by atoms with Crippen molar-refractivity contribution in [1.29, 1.82) is 0 Å². The van der Waals surface area contributed by atoms with Crippen molar-refractivity contribution in [2.75, 3.05) is 15.5 Å². The van der Waals surface area contributed by atoms with Gasteiger partial charge in [0.2, 0.25) is 5.91 Å². The third-order valence-electron chi connectivity index (χ3n) is 4.78. The minimum Gasteiger partial charge on any atom is -0.350 e. The van der Waals surface area contributed by atoms with Crippen LogP contribution in [0, 0.1) is 11.6 Å². The quantitative estimate of drug-likeness (QED) is 0.588. The van der Waals surface area contributed by atoms with Crippen LogP contribution in [0.3, 0.4) is 0 Å². The molecule has 3 amide bonds. The van der Waals surface area contributed by atoms with Gasteiger partial charge < -0.3 is 10.6 Å². The molecule has 0 spiro atoms. The Kier molecular flexibility index (Phi) is 5.51. The van der Waals surface area contributed by atoms with E-state index >= 15 is 0 Å². The van der Waals surface area contributed by atoms with Crippen molar-refractivity contribution < 1.29 is 23.2 Å². The molecule has 8 heteroatoms. The van der Waals surface area contributed by atoms with Gasteiger partial charge in [-0.05, 0) is 66.2 Å². The number of nitrogens with one attached hydrogen (secondary N) is 2. The highest BCUT2D eigenvalue weighted by Gasteiger charge is 2.40. The van der Waals surface area contributed by atoms with Crippen LogP contribution in [-0.2, 0) is 14.4 Å². The van der Waals surface area contributed by atoms with Crippen molar-refractivity contribution in [2.24, 2.45) is 0 Å². The lowest BCUT2D eigenvalue weighted by molar-refractivity contribution is -0.120. The Morgan fingerprint density at radius 3 is 1.84 bits per heavy atom. The molecule has 1 aliphatic heterocycles. The molecule has 3 aromatic rings. The van der Waals surface area contributed by atoms with Crippen molar-refractivity contribution in [3.05, 3.63) is 95.7 Å². The molecule has 0 fully saturated rings. The van der Waals surface area contributed by atoms with Gasteiger partial charge in [0.15, 0.2) is 0 Å². The van der Waals surface area contributed by atoms with Crippen LogP contribution in [0.25, 0.3) is 5.57 Å². The third-order valence-corrected chi connectivity index (χ3v) is 4.78. The van der Waals surface area contributed by atoms with Crippen molar-refractivity contribution in [2.45, 2.75) is 6.92 Å². The Hall–Kier alpha value is -4.33. The van der Waals surface area contributed by atoms with Gasteiger partial charge in [-0.3, -0.25) is 14.4 Å². The molecule has 3 aromatic carbocycles. The summed E-state index contributed by atoms with van der Waals surface area (Å²) in [7, 11) is 0. The predicted molar refractivity (Wildman–Crippen MR) is 117 cm³/mol. The molecule has 6 nitrogen and oxygen atoms in total. The van der Waals surface area contributed by atoms with Gasteiger partial charge in [0.1, 0.15) is 17.3 Å². The number of anilines is 3. The van der Waals surface area contributed by atoms with Crippen LogP contribution in [0.2, 0.25) is 0 Å². The van der Waals surface area contributed by atoms with E-state index in [4.69, 9.17) is 0 Å². The van der Waals surface area contributed by atoms with Crippen LogP contribution in [0.15, 0.2) is 78.5 Å². The maximum absolute atomic E-state index is 13.4. The second-order valence-electron chi connectivity index (χ2n) is 7.06. The Morgan fingerprint density at radius 2 is 1.28 bits per heavy atom. The first kappa shape index (κ1) is 20.9. The first-order chi connectivity index (χ1) is 15.3. The molecule has 160 valence electrons. The normalized spacial score (nSPS) is 13.5. The average molecular weight is 433 g/mol. The fourth-order valence-corrected chi connectivity index (χ4v) is 3.34. The lowest BCUT2D eigenvalue weighted by Crippen LogP contribution is -2.32. The van der Waals surface area contributed by atoms with Crippen LogP contribution in [0.5, 0.6) is 0 Å². The minimum absolute atomic E-state index is 0.0147. The van der Waals surface area contributed by atoms with E-state index in [9.17, 15) is 23.2 Å². The lowest BCUT2D eigenvalue weighted by atomic mass is 10.0. The van der Waals surface area contributed by atoms with E-state index in [1.165, 1.54) is 67.6 Å². The van der Waals surface area contributed by atoms with Gasteiger partial charge in [-0.1, -0.05) is 12.1 Å². The molecule has 0 saturated heterocycles. The maximum Gasteiger partial charge on any atom is 0.282 e. The second-order valence-corrected chi connectivity index (χ2v) is 7.06. The van der Waals surface area contributed by atoms with Crippen molar-refractivity contribution >= 4 is 40.4 Å². The maximum atomic E-state index is 13.4. The Labute approximate surface area is 182 Å². The molecule has 0 aromatic heterocycles. The fourth-order valence-electron chi connectivity index (χ4n) is 3.34. The predicted octanol–water partition coefficient (Wildman–Crippen LogP) is 4.32. The minimum atomic E-state index is -0.620. The highest BCUT2D eigenvalue weighted by molar-refractivity contribution is 6.46. The van der Waals surface area contributed by atoms with Gasteiger partial charge in [0.25, 0.3) is 11.8 Å². The molecule has 0 aliphatic carbocycles. The highest BCUT2D eigenvalue weighted by Crippen LogP contribution is 2.34. The lowest BCUT2D eigenvalue weighted by Gasteiger charge is -2.16. The van der Waals surface area contributed by atoms with E-state index in [0.717, 1.165) is 4.90 Å². The Morgan fingerprint density at radius 1 is 0.750 bits per heavy atom. The van der Waals surface area contributed by atoms with Crippen LogP contribution < -0.4 is 15.5 Å². The number of rotatable bonds is 5. The van der Waals surface area contributed by atoms with Crippen LogP contribution in [-0.4, -0.2) is 17.7 Å². The molecule has 2 N–H and O–H groups in total. The summed E-state index contributed by atoms with van der Waals surface area (Å²) in [6.45, 7) is 1.37. The van der Waals surface area contributed by atoms with Gasteiger partial charge >= 0.3 is 0 Å². The van der Waals surface area contributed by atoms with E-state index in [-0.39, 0.29) is 17.2 Å². The molecule has 0 atom stereocenters. The molecule has 0 radical (unpaired) electrons. The summed E-state index contributed by atoms with van der Waals surface area (Å²) in [6.07, 6.45) is 0. The zero-order valence-corrected chi connectivity index (χ0v) is 16.9. The summed E-state index contributed by atoms with van der Waals surface area (Å²) in [5.41, 5.74) is 1.61. The van der Waals surface area contributed by atoms with Gasteiger partial charge in [-0.15, -0.1) is 0 Å². The number of amides is 3. The number of carbonyl (C=O) groups excluding carboxylic acids is 3. The van der Waals surface area contributed by atoms with Gasteiger partial charge in [0, 0.05) is 18.3 Å². The van der Waals surface area contributed by atoms with Gasteiger partial charge in [0.05, 0.1) is 11.3 Å². The molecular weight excluding hydrogens is 416 g/mol. The Balaban J connectivity index is 1.74. The number of imide groups is 1. The van der Waals surface area contributed by atoms with Gasteiger partial charge in [-0.25, -0.2) is 13.7 Å². The van der Waals surface area contributed by atoms with Gasteiger partial charge in [-0.2, -0.15) is 0 Å². The first-order valence-electron chi connectivity index (χ1n) is 9.63. The van der Waals surface area contributed by atoms with Crippen molar-refractivity contribution in [3.63, 3.8) is 0 Å². The summed E-state index contributed by atoms with van der Waals surface area (Å²) in [5, 5.41) is 5.51. The largest absolute Gasteiger partial charge is 0.350 e. The molecule has 32 heavy (non-hydrogen) atoms. The number of benzene rings is 3. The summed E-state index contributed by atoms with van der Waals surface area (Å²) < 4.78 is 26.7. The number of nitrogens with zero attached hydrogens (tertiary/aromatic N) is 1. The second kappa shape index (κ2) is 8.43. The van der Waals surface area contributed by atoms with E-state index in [2.05, 4.69) is 10.6 Å². The summed E-state index contributed by atoms with van der Waals surface area (Å²) in [6, 6.07) is 16.7. The third kappa shape index (κ3) is 4.11. The Bertz CT molecular complexity index is 1230. The number of hydrogen-bond acceptors (Lipinski definition) is 4. The molecule has 0 unspecified atom stereocenters. The number of halogens is 2. The number of hydrogen-bond donors (Lipinski definition) is 2. The standard InChI is InChI=1S/C24H17F2N3O3/c1-14(30)27-18-10-12-20(13-11-18)29-23(31)21(15-2-4-16(25)5-3-15)22(24(29)32)28-19-8-6-17(26)7-9-19/h2-13,28H,1H3,(H,27,30). The summed E-state index contributed by atoms with van der Waals surface area (Å²) in [5.74, 6) is -2.40.